The summed E-state index contributed by atoms with van der Waals surface area (Å²) in [5, 5.41) is 5.32. The lowest BCUT2D eigenvalue weighted by atomic mass is 9.96. The maximum Gasteiger partial charge on any atom is 0.231 e. The molecule has 1 fully saturated rings. The van der Waals surface area contributed by atoms with Gasteiger partial charge >= 0.3 is 0 Å². The number of aromatic nitrogens is 2. The average Bonchev–Trinajstić information content (AvgIpc) is 3.55. The summed E-state index contributed by atoms with van der Waals surface area (Å²) in [6.45, 7) is 4.38. The van der Waals surface area contributed by atoms with Crippen molar-refractivity contribution in [2.24, 2.45) is 0 Å². The van der Waals surface area contributed by atoms with E-state index in [4.69, 9.17) is 44.9 Å². The molecule has 0 amide bonds. The SMILES string of the molecule is Cc1cc(C2C(c3ccccn3)NC(=S)N2c2ccc3c(c2)OCO3)c(C)n1-c1ccc(Cl)cc1Cl. The fraction of sp³-hybridized carbons (Fsp3) is 0.185. The first-order valence-electron chi connectivity index (χ1n) is 11.5. The summed E-state index contributed by atoms with van der Waals surface area (Å²) in [6, 6.07) is 19.2. The summed E-state index contributed by atoms with van der Waals surface area (Å²) < 4.78 is 13.3. The van der Waals surface area contributed by atoms with E-state index < -0.39 is 0 Å². The Labute approximate surface area is 224 Å². The van der Waals surface area contributed by atoms with Crippen LogP contribution in [0.2, 0.25) is 10.0 Å². The van der Waals surface area contributed by atoms with E-state index in [2.05, 4.69) is 39.7 Å². The average molecular weight is 537 g/mol. The quantitative estimate of drug-likeness (QED) is 0.293. The molecule has 4 aromatic rings. The molecule has 1 N–H and O–H groups in total. The summed E-state index contributed by atoms with van der Waals surface area (Å²) in [6.07, 6.45) is 1.80. The zero-order valence-corrected chi connectivity index (χ0v) is 21.9. The maximum absolute atomic E-state index is 6.62. The minimum absolute atomic E-state index is 0.168. The Kier molecular flexibility index (Phi) is 5.79. The Bertz CT molecular complexity index is 1490. The number of pyridine rings is 1. The minimum atomic E-state index is -0.168. The fourth-order valence-corrected chi connectivity index (χ4v) is 5.94. The van der Waals surface area contributed by atoms with Crippen LogP contribution in [0, 0.1) is 13.8 Å². The number of hydrogen-bond donors (Lipinski definition) is 1. The lowest BCUT2D eigenvalue weighted by Crippen LogP contribution is -2.29. The number of aryl methyl sites for hydroxylation is 1. The van der Waals surface area contributed by atoms with Gasteiger partial charge in [0.25, 0.3) is 0 Å². The number of nitrogens with one attached hydrogen (secondary N) is 1. The van der Waals surface area contributed by atoms with E-state index in [1.54, 1.807) is 12.3 Å². The summed E-state index contributed by atoms with van der Waals surface area (Å²) in [7, 11) is 0. The Morgan fingerprint density at radius 2 is 1.83 bits per heavy atom. The second-order valence-electron chi connectivity index (χ2n) is 8.79. The molecular weight excluding hydrogens is 515 g/mol. The normalized spacial score (nSPS) is 18.6. The molecule has 0 spiro atoms. The molecule has 0 aliphatic carbocycles. The second-order valence-corrected chi connectivity index (χ2v) is 10.0. The highest BCUT2D eigenvalue weighted by Crippen LogP contribution is 2.46. The van der Waals surface area contributed by atoms with Crippen molar-refractivity contribution >= 4 is 46.2 Å². The van der Waals surface area contributed by atoms with E-state index in [-0.39, 0.29) is 18.9 Å². The zero-order chi connectivity index (χ0) is 25.0. The van der Waals surface area contributed by atoms with Gasteiger partial charge in [0.2, 0.25) is 6.79 Å². The third-order valence-corrected chi connectivity index (χ3v) is 7.52. The number of benzene rings is 2. The predicted octanol–water partition coefficient (Wildman–Crippen LogP) is 6.70. The van der Waals surface area contributed by atoms with Gasteiger partial charge in [0, 0.05) is 34.4 Å². The number of ether oxygens (including phenoxy) is 2. The minimum Gasteiger partial charge on any atom is -0.454 e. The molecule has 2 aliphatic heterocycles. The number of rotatable bonds is 4. The van der Waals surface area contributed by atoms with Crippen LogP contribution in [0.1, 0.15) is 34.7 Å². The van der Waals surface area contributed by atoms with Gasteiger partial charge in [0.15, 0.2) is 16.6 Å². The second kappa shape index (κ2) is 9.00. The van der Waals surface area contributed by atoms with Crippen LogP contribution in [0.25, 0.3) is 5.69 Å². The van der Waals surface area contributed by atoms with E-state index in [0.29, 0.717) is 20.9 Å². The Hall–Kier alpha value is -3.26. The van der Waals surface area contributed by atoms with Crippen LogP contribution in [0.15, 0.2) is 66.9 Å². The number of fused-ring (bicyclic) bond motifs is 1. The van der Waals surface area contributed by atoms with E-state index >= 15 is 0 Å². The first-order chi connectivity index (χ1) is 17.4. The summed E-state index contributed by atoms with van der Waals surface area (Å²) in [5.41, 5.74) is 5.91. The summed E-state index contributed by atoms with van der Waals surface area (Å²) >= 11 is 18.7. The fourth-order valence-electron chi connectivity index (χ4n) is 5.10. The number of hydrogen-bond acceptors (Lipinski definition) is 4. The van der Waals surface area contributed by atoms with Crippen LogP contribution < -0.4 is 19.7 Å². The van der Waals surface area contributed by atoms with E-state index in [1.165, 1.54) is 0 Å². The zero-order valence-electron chi connectivity index (χ0n) is 19.5. The van der Waals surface area contributed by atoms with Crippen LogP contribution >= 0.6 is 35.4 Å². The van der Waals surface area contributed by atoms with Crippen LogP contribution in [0.4, 0.5) is 5.69 Å². The molecule has 2 aromatic carbocycles. The molecule has 0 saturated carbocycles. The molecular formula is C27H22Cl2N4O2S. The maximum atomic E-state index is 6.62. The predicted molar refractivity (Wildman–Crippen MR) is 146 cm³/mol. The van der Waals surface area contributed by atoms with Crippen molar-refractivity contribution in [2.75, 3.05) is 11.7 Å². The van der Waals surface area contributed by atoms with Crippen molar-refractivity contribution in [1.82, 2.24) is 14.9 Å². The molecule has 36 heavy (non-hydrogen) atoms. The van der Waals surface area contributed by atoms with E-state index in [9.17, 15) is 0 Å². The van der Waals surface area contributed by atoms with Gasteiger partial charge in [0.05, 0.1) is 28.5 Å². The van der Waals surface area contributed by atoms with Crippen LogP contribution in [0.3, 0.4) is 0 Å². The first-order valence-corrected chi connectivity index (χ1v) is 12.6. The Balaban J connectivity index is 1.52. The molecule has 0 bridgehead atoms. The van der Waals surface area contributed by atoms with Gasteiger partial charge in [-0.1, -0.05) is 29.3 Å². The summed E-state index contributed by atoms with van der Waals surface area (Å²) in [4.78, 5) is 6.79. The van der Waals surface area contributed by atoms with Crippen molar-refractivity contribution in [3.05, 3.63) is 99.6 Å². The first kappa shape index (κ1) is 23.2. The molecule has 182 valence electrons. The largest absolute Gasteiger partial charge is 0.454 e. The monoisotopic (exact) mass is 536 g/mol. The van der Waals surface area contributed by atoms with Gasteiger partial charge in [-0.05, 0) is 80.2 Å². The highest BCUT2D eigenvalue weighted by atomic mass is 35.5. The molecule has 0 radical (unpaired) electrons. The van der Waals surface area contributed by atoms with Crippen molar-refractivity contribution in [2.45, 2.75) is 25.9 Å². The lowest BCUT2D eigenvalue weighted by molar-refractivity contribution is 0.174. The number of anilines is 1. The molecule has 2 atom stereocenters. The molecule has 9 heteroatoms. The van der Waals surface area contributed by atoms with E-state index in [0.717, 1.165) is 39.8 Å². The topological polar surface area (TPSA) is 51.6 Å². The molecule has 6 nitrogen and oxygen atoms in total. The smallest absolute Gasteiger partial charge is 0.231 e. The third-order valence-electron chi connectivity index (χ3n) is 6.67. The third kappa shape index (κ3) is 3.79. The summed E-state index contributed by atoms with van der Waals surface area (Å²) in [5.74, 6) is 1.43. The van der Waals surface area contributed by atoms with Gasteiger partial charge in [-0.2, -0.15) is 0 Å². The van der Waals surface area contributed by atoms with Gasteiger partial charge in [-0.3, -0.25) is 4.98 Å². The Morgan fingerprint density at radius 3 is 2.61 bits per heavy atom. The molecule has 2 unspecified atom stereocenters. The van der Waals surface area contributed by atoms with Crippen molar-refractivity contribution in [1.29, 1.82) is 0 Å². The van der Waals surface area contributed by atoms with Crippen LogP contribution in [-0.4, -0.2) is 21.5 Å². The standard InChI is InChI=1S/C27H22Cl2N4O2S/c1-15-11-19(16(2)32(15)22-8-6-17(28)12-20(22)29)26-25(21-5-3-4-10-30-21)31-27(36)33(26)18-7-9-23-24(13-18)35-14-34-23/h3-13,25-26H,14H2,1-2H3,(H,31,36). The molecule has 1 saturated heterocycles. The van der Waals surface area contributed by atoms with Crippen LogP contribution in [-0.2, 0) is 0 Å². The van der Waals surface area contributed by atoms with Gasteiger partial charge in [-0.15, -0.1) is 0 Å². The van der Waals surface area contributed by atoms with Crippen molar-refractivity contribution in [3.63, 3.8) is 0 Å². The molecule has 6 rings (SSSR count). The van der Waals surface area contributed by atoms with Crippen LogP contribution in [0.5, 0.6) is 11.5 Å². The molecule has 2 aliphatic rings. The lowest BCUT2D eigenvalue weighted by Gasteiger charge is -2.28. The number of nitrogens with zero attached hydrogens (tertiary/aromatic N) is 3. The van der Waals surface area contributed by atoms with Gasteiger partial charge < -0.3 is 24.3 Å². The van der Waals surface area contributed by atoms with E-state index in [1.807, 2.05) is 48.5 Å². The number of halogens is 2. The van der Waals surface area contributed by atoms with Gasteiger partial charge in [-0.25, -0.2) is 0 Å². The van der Waals surface area contributed by atoms with Crippen molar-refractivity contribution < 1.29 is 9.47 Å². The highest BCUT2D eigenvalue weighted by molar-refractivity contribution is 7.80. The van der Waals surface area contributed by atoms with Crippen molar-refractivity contribution in [3.8, 4) is 17.2 Å². The molecule has 2 aromatic heterocycles. The van der Waals surface area contributed by atoms with Gasteiger partial charge in [0.1, 0.15) is 0 Å². The molecule has 4 heterocycles. The highest BCUT2D eigenvalue weighted by Gasteiger charge is 2.42. The number of thiocarbonyl (C=S) groups is 1. The Morgan fingerprint density at radius 1 is 1.00 bits per heavy atom.